The first-order valence-electron chi connectivity index (χ1n) is 14.5. The largest absolute Gasteiger partial charge is 0.394 e. The van der Waals surface area contributed by atoms with E-state index in [1.165, 1.54) is 0 Å². The second-order valence-corrected chi connectivity index (χ2v) is 13.9. The highest BCUT2D eigenvalue weighted by Crippen LogP contribution is 2.61. The number of hydrogen-bond donors (Lipinski definition) is 1. The van der Waals surface area contributed by atoms with E-state index in [0.29, 0.717) is 30.3 Å². The number of benzene rings is 2. The van der Waals surface area contributed by atoms with Gasteiger partial charge in [0.1, 0.15) is 6.04 Å². The Bertz CT molecular complexity index is 1440. The number of aliphatic hydroxyl groups excluding tert-OH is 1. The molecule has 4 aliphatic rings. The SMILES string of the molecule is Cc1cccc(Cl)c1N1CC=C[C@]23S[C@@H]4C=CCN(Cc5ccccc5)C(=O)[C@@H]4[C@H]2C(=O)N([C@@H](CO)C(C)C)C3C1=O. The third kappa shape index (κ3) is 4.50. The number of aryl methyl sites for hydroxylation is 1. The van der Waals surface area contributed by atoms with Gasteiger partial charge in [0.2, 0.25) is 11.8 Å². The lowest BCUT2D eigenvalue weighted by molar-refractivity contribution is -0.145. The van der Waals surface area contributed by atoms with Crippen molar-refractivity contribution < 1.29 is 19.5 Å². The van der Waals surface area contributed by atoms with Crippen molar-refractivity contribution in [3.63, 3.8) is 0 Å². The highest BCUT2D eigenvalue weighted by molar-refractivity contribution is 8.02. The lowest BCUT2D eigenvalue weighted by atomic mass is 9.78. The highest BCUT2D eigenvalue weighted by Gasteiger charge is 2.72. The molecule has 0 saturated carbocycles. The Hall–Kier alpha value is -3.07. The van der Waals surface area contributed by atoms with E-state index >= 15 is 0 Å². The van der Waals surface area contributed by atoms with Gasteiger partial charge in [-0.1, -0.05) is 92.2 Å². The molecule has 2 aromatic carbocycles. The molecule has 9 heteroatoms. The molecule has 2 saturated heterocycles. The normalized spacial score (nSPS) is 29.5. The molecule has 6 atom stereocenters. The highest BCUT2D eigenvalue weighted by atomic mass is 35.5. The molecule has 4 aliphatic heterocycles. The van der Waals surface area contributed by atoms with Crippen LogP contribution in [0.4, 0.5) is 5.69 Å². The standard InChI is InChI=1S/C33H36ClN3O4S/c1-20(2)24(19-38)37-29-32(41)36(28-21(3)10-7-13-23(28)34)17-9-15-33(29)27(31(37)40)26-25(42-33)14-8-16-35(30(26)39)18-22-11-5-4-6-12-22/h4-15,20,24-27,29,38H,16-19H2,1-3H3/t24-,25+,26-,27-,29?,33-/m0/s1. The van der Waals surface area contributed by atoms with Gasteiger partial charge < -0.3 is 19.8 Å². The van der Waals surface area contributed by atoms with E-state index in [-0.39, 0.29) is 35.5 Å². The number of thioether (sulfide) groups is 1. The molecule has 1 unspecified atom stereocenters. The minimum Gasteiger partial charge on any atom is -0.394 e. The number of hydrogen-bond acceptors (Lipinski definition) is 5. The van der Waals surface area contributed by atoms with Crippen LogP contribution in [0.3, 0.4) is 0 Å². The molecule has 2 aromatic rings. The molecule has 42 heavy (non-hydrogen) atoms. The number of nitrogens with zero attached hydrogens (tertiary/aromatic N) is 3. The van der Waals surface area contributed by atoms with Crippen molar-refractivity contribution in [1.82, 2.24) is 9.80 Å². The van der Waals surface area contributed by atoms with Crippen molar-refractivity contribution in [3.05, 3.63) is 89.0 Å². The van der Waals surface area contributed by atoms with Gasteiger partial charge in [0.25, 0.3) is 5.91 Å². The third-order valence-corrected chi connectivity index (χ3v) is 11.2. The van der Waals surface area contributed by atoms with Gasteiger partial charge in [-0.25, -0.2) is 0 Å². The molecule has 1 spiro atoms. The zero-order chi connectivity index (χ0) is 29.8. The van der Waals surface area contributed by atoms with E-state index in [2.05, 4.69) is 0 Å². The van der Waals surface area contributed by atoms with Crippen LogP contribution in [-0.4, -0.2) is 74.4 Å². The Labute approximate surface area is 256 Å². The van der Waals surface area contributed by atoms with Crippen LogP contribution in [0.5, 0.6) is 0 Å². The fourth-order valence-electron chi connectivity index (χ4n) is 7.22. The fourth-order valence-corrected chi connectivity index (χ4v) is 9.53. The number of rotatable bonds is 6. The third-order valence-electron chi connectivity index (χ3n) is 9.17. The predicted molar refractivity (Wildman–Crippen MR) is 166 cm³/mol. The Morgan fingerprint density at radius 1 is 1.00 bits per heavy atom. The van der Waals surface area contributed by atoms with Crippen LogP contribution in [0.2, 0.25) is 5.02 Å². The summed E-state index contributed by atoms with van der Waals surface area (Å²) in [6, 6.07) is 13.9. The van der Waals surface area contributed by atoms with Crippen LogP contribution in [0, 0.1) is 24.7 Å². The number of aliphatic hydroxyl groups is 1. The van der Waals surface area contributed by atoms with Gasteiger partial charge in [-0.15, -0.1) is 11.8 Å². The van der Waals surface area contributed by atoms with Crippen molar-refractivity contribution in [3.8, 4) is 0 Å². The summed E-state index contributed by atoms with van der Waals surface area (Å²) in [6.07, 6.45) is 8.01. The number of carbonyl (C=O) groups excluding carboxylic acids is 3. The van der Waals surface area contributed by atoms with Crippen molar-refractivity contribution in [1.29, 1.82) is 0 Å². The number of halogens is 1. The zero-order valence-corrected chi connectivity index (χ0v) is 25.6. The van der Waals surface area contributed by atoms with Crippen molar-refractivity contribution in [2.24, 2.45) is 17.8 Å². The summed E-state index contributed by atoms with van der Waals surface area (Å²) < 4.78 is -0.967. The maximum Gasteiger partial charge on any atom is 0.251 e. The van der Waals surface area contributed by atoms with Crippen molar-refractivity contribution in [2.45, 2.75) is 49.4 Å². The van der Waals surface area contributed by atoms with E-state index in [4.69, 9.17) is 11.6 Å². The first kappa shape index (κ1) is 29.0. The van der Waals surface area contributed by atoms with Gasteiger partial charge in [-0.2, -0.15) is 0 Å². The molecular formula is C33H36ClN3O4S. The van der Waals surface area contributed by atoms with Crippen molar-refractivity contribution >= 4 is 46.8 Å². The van der Waals surface area contributed by atoms with Crippen molar-refractivity contribution in [2.75, 3.05) is 24.6 Å². The van der Waals surface area contributed by atoms with Crippen LogP contribution >= 0.6 is 23.4 Å². The minimum atomic E-state index is -0.967. The topological polar surface area (TPSA) is 81.2 Å². The summed E-state index contributed by atoms with van der Waals surface area (Å²) in [6.45, 7) is 6.72. The molecule has 220 valence electrons. The van der Waals surface area contributed by atoms with Crippen LogP contribution < -0.4 is 4.90 Å². The van der Waals surface area contributed by atoms with Gasteiger partial charge >= 0.3 is 0 Å². The number of para-hydroxylation sites is 1. The number of carbonyl (C=O) groups is 3. The van der Waals surface area contributed by atoms with Gasteiger partial charge in [0, 0.05) is 24.9 Å². The predicted octanol–water partition coefficient (Wildman–Crippen LogP) is 4.46. The van der Waals surface area contributed by atoms with E-state index in [1.807, 2.05) is 92.4 Å². The maximum atomic E-state index is 14.8. The Morgan fingerprint density at radius 2 is 1.76 bits per heavy atom. The number of likely N-dealkylation sites (tertiary alicyclic amines) is 1. The molecule has 3 amide bonds. The summed E-state index contributed by atoms with van der Waals surface area (Å²) in [5.74, 6) is -2.04. The summed E-state index contributed by atoms with van der Waals surface area (Å²) >= 11 is 8.20. The van der Waals surface area contributed by atoms with E-state index < -0.39 is 28.7 Å². The van der Waals surface area contributed by atoms with E-state index in [9.17, 15) is 19.5 Å². The van der Waals surface area contributed by atoms with E-state index in [1.54, 1.807) is 27.6 Å². The second kappa shape index (κ2) is 11.2. The van der Waals surface area contributed by atoms with E-state index in [0.717, 1.165) is 11.1 Å². The fraction of sp³-hybridized carbons (Fsp3) is 0.424. The number of anilines is 1. The van der Waals surface area contributed by atoms with Crippen LogP contribution in [0.15, 0.2) is 72.8 Å². The molecular weight excluding hydrogens is 570 g/mol. The van der Waals surface area contributed by atoms with Gasteiger partial charge in [0.05, 0.1) is 39.9 Å². The molecule has 2 fully saturated rings. The van der Waals surface area contributed by atoms with Crippen LogP contribution in [0.1, 0.15) is 25.0 Å². The Morgan fingerprint density at radius 3 is 2.45 bits per heavy atom. The molecule has 0 radical (unpaired) electrons. The first-order valence-corrected chi connectivity index (χ1v) is 15.8. The Kier molecular flexibility index (Phi) is 7.75. The average molecular weight is 606 g/mol. The van der Waals surface area contributed by atoms with Gasteiger partial charge in [-0.05, 0) is 30.0 Å². The molecule has 0 aromatic heterocycles. The summed E-state index contributed by atoms with van der Waals surface area (Å²) in [7, 11) is 0. The zero-order valence-electron chi connectivity index (χ0n) is 24.0. The van der Waals surface area contributed by atoms with Crippen LogP contribution in [0.25, 0.3) is 0 Å². The second-order valence-electron chi connectivity index (χ2n) is 12.0. The first-order chi connectivity index (χ1) is 20.2. The minimum absolute atomic E-state index is 0.0776. The quantitative estimate of drug-likeness (QED) is 0.492. The molecule has 1 N–H and O–H groups in total. The molecule has 4 heterocycles. The molecule has 0 bridgehead atoms. The molecule has 0 aliphatic carbocycles. The number of amides is 3. The molecule has 6 rings (SSSR count). The number of fused-ring (bicyclic) bond motifs is 2. The van der Waals surface area contributed by atoms with Crippen LogP contribution in [-0.2, 0) is 20.9 Å². The summed E-state index contributed by atoms with van der Waals surface area (Å²) in [4.78, 5) is 48.8. The maximum absolute atomic E-state index is 14.8. The lowest BCUT2D eigenvalue weighted by Crippen LogP contribution is -2.57. The molecule has 7 nitrogen and oxygen atoms in total. The summed E-state index contributed by atoms with van der Waals surface area (Å²) in [5, 5.41) is 10.7. The lowest BCUT2D eigenvalue weighted by Gasteiger charge is -2.40. The van der Waals surface area contributed by atoms with Gasteiger partial charge in [0.15, 0.2) is 0 Å². The monoisotopic (exact) mass is 605 g/mol. The van der Waals surface area contributed by atoms with Gasteiger partial charge in [-0.3, -0.25) is 14.4 Å². The average Bonchev–Trinajstić information content (AvgIpc) is 3.28. The smallest absolute Gasteiger partial charge is 0.251 e. The Balaban J connectivity index is 1.46. The summed E-state index contributed by atoms with van der Waals surface area (Å²) in [5.41, 5.74) is 2.49.